The summed E-state index contributed by atoms with van der Waals surface area (Å²) < 4.78 is 27.3. The van der Waals surface area contributed by atoms with Crippen molar-refractivity contribution in [3.05, 3.63) is 18.3 Å². The Morgan fingerprint density at radius 3 is 2.95 bits per heavy atom. The van der Waals surface area contributed by atoms with Gasteiger partial charge in [-0.2, -0.15) is 4.31 Å². The smallest absolute Gasteiger partial charge is 0.262 e. The molecule has 2 fully saturated rings. The molecule has 2 unspecified atom stereocenters. The summed E-state index contributed by atoms with van der Waals surface area (Å²) in [5.41, 5.74) is 0.622. The lowest BCUT2D eigenvalue weighted by Crippen LogP contribution is -2.38. The van der Waals surface area contributed by atoms with Crippen LogP contribution in [-0.4, -0.2) is 36.8 Å². The number of hydrogen-bond donors (Lipinski definition) is 1. The minimum Gasteiger partial charge on any atom is -0.383 e. The number of rotatable bonds is 5. The van der Waals surface area contributed by atoms with Gasteiger partial charge in [-0.25, -0.2) is 13.4 Å². The summed E-state index contributed by atoms with van der Waals surface area (Å²) in [5.74, 6) is 0.547. The fraction of sp³-hybridized carbons (Fsp3) is 0.643. The van der Waals surface area contributed by atoms with Gasteiger partial charge in [-0.15, -0.1) is 0 Å². The molecule has 2 bridgehead atoms. The van der Waals surface area contributed by atoms with E-state index in [1.165, 1.54) is 6.42 Å². The molecular formula is C14H21N3O2S. The van der Waals surface area contributed by atoms with Crippen LogP contribution in [0.2, 0.25) is 0 Å². The average Bonchev–Trinajstić information content (AvgIpc) is 3.08. The number of nitrogens with zero attached hydrogens (tertiary/aromatic N) is 2. The first kappa shape index (κ1) is 13.8. The molecule has 1 aliphatic heterocycles. The van der Waals surface area contributed by atoms with Gasteiger partial charge in [-0.3, -0.25) is 0 Å². The number of anilines is 1. The molecule has 1 N–H and O–H groups in total. The molecule has 2 heterocycles. The van der Waals surface area contributed by atoms with Crippen LogP contribution in [0, 0.1) is 5.92 Å². The van der Waals surface area contributed by atoms with Crippen molar-refractivity contribution < 1.29 is 8.42 Å². The van der Waals surface area contributed by atoms with Crippen LogP contribution in [0.5, 0.6) is 0 Å². The molecule has 0 radical (unpaired) electrons. The topological polar surface area (TPSA) is 62.3 Å². The quantitative estimate of drug-likeness (QED) is 0.903. The Morgan fingerprint density at radius 1 is 1.45 bits per heavy atom. The second-order valence-electron chi connectivity index (χ2n) is 5.69. The van der Waals surface area contributed by atoms with Crippen molar-refractivity contribution in [3.8, 4) is 0 Å². The van der Waals surface area contributed by atoms with Gasteiger partial charge < -0.3 is 5.32 Å². The van der Waals surface area contributed by atoms with E-state index in [1.54, 1.807) is 22.6 Å². The fourth-order valence-electron chi connectivity index (χ4n) is 3.28. The number of piperidine rings is 1. The van der Waals surface area contributed by atoms with Gasteiger partial charge in [-0.1, -0.05) is 6.92 Å². The minimum atomic E-state index is -3.47. The lowest BCUT2D eigenvalue weighted by Gasteiger charge is -2.26. The number of fused-ring (bicyclic) bond motifs is 2. The molecule has 5 nitrogen and oxygen atoms in total. The number of nitrogens with one attached hydrogen (secondary N) is 1. The molecule has 1 aromatic rings. The summed E-state index contributed by atoms with van der Waals surface area (Å²) in [6.45, 7) is 3.47. The van der Waals surface area contributed by atoms with Crippen LogP contribution in [-0.2, 0) is 10.0 Å². The van der Waals surface area contributed by atoms with E-state index in [9.17, 15) is 8.42 Å². The second-order valence-corrected chi connectivity index (χ2v) is 7.50. The Balaban J connectivity index is 1.91. The normalized spacial score (nSPS) is 26.1. The number of pyridine rings is 1. The van der Waals surface area contributed by atoms with Crippen LogP contribution < -0.4 is 5.32 Å². The molecule has 20 heavy (non-hydrogen) atoms. The lowest BCUT2D eigenvalue weighted by molar-refractivity contribution is 0.332. The molecule has 2 aliphatic rings. The lowest BCUT2D eigenvalue weighted by atomic mass is 10.1. The molecular weight excluding hydrogens is 274 g/mol. The van der Waals surface area contributed by atoms with Gasteiger partial charge in [0.15, 0.2) is 5.03 Å². The summed E-state index contributed by atoms with van der Waals surface area (Å²) in [6, 6.07) is 3.75. The zero-order valence-electron chi connectivity index (χ0n) is 11.7. The van der Waals surface area contributed by atoms with Crippen molar-refractivity contribution in [2.24, 2.45) is 5.92 Å². The minimum absolute atomic E-state index is 0.181. The molecule has 1 saturated heterocycles. The van der Waals surface area contributed by atoms with Crippen molar-refractivity contribution in [2.75, 3.05) is 18.4 Å². The van der Waals surface area contributed by atoms with Crippen LogP contribution in [0.15, 0.2) is 23.4 Å². The van der Waals surface area contributed by atoms with Gasteiger partial charge in [0.1, 0.15) is 0 Å². The van der Waals surface area contributed by atoms with E-state index in [-0.39, 0.29) is 11.1 Å². The molecule has 6 heteroatoms. The number of aromatic nitrogens is 1. The van der Waals surface area contributed by atoms with Crippen LogP contribution in [0.3, 0.4) is 0 Å². The van der Waals surface area contributed by atoms with E-state index in [2.05, 4.69) is 17.2 Å². The molecule has 1 aromatic heterocycles. The van der Waals surface area contributed by atoms with Gasteiger partial charge in [0.25, 0.3) is 10.0 Å². The van der Waals surface area contributed by atoms with Gasteiger partial charge in [0.2, 0.25) is 0 Å². The van der Waals surface area contributed by atoms with E-state index in [0.29, 0.717) is 18.2 Å². The highest BCUT2D eigenvalue weighted by atomic mass is 32.2. The fourth-order valence-corrected chi connectivity index (χ4v) is 5.10. The Morgan fingerprint density at radius 2 is 2.30 bits per heavy atom. The maximum Gasteiger partial charge on any atom is 0.262 e. The SMILES string of the molecule is CCCNc1cccnc1S(=O)(=O)N1CC2CCC1C2. The highest BCUT2D eigenvalue weighted by molar-refractivity contribution is 7.89. The third-order valence-corrected chi connectivity index (χ3v) is 6.13. The molecule has 110 valence electrons. The first-order valence-electron chi connectivity index (χ1n) is 7.33. The highest BCUT2D eigenvalue weighted by Gasteiger charge is 2.45. The van der Waals surface area contributed by atoms with Crippen LogP contribution >= 0.6 is 0 Å². The molecule has 2 atom stereocenters. The summed E-state index contributed by atoms with van der Waals surface area (Å²) in [6.07, 6.45) is 5.68. The Kier molecular flexibility index (Phi) is 3.69. The van der Waals surface area contributed by atoms with Crippen molar-refractivity contribution >= 4 is 15.7 Å². The highest BCUT2D eigenvalue weighted by Crippen LogP contribution is 2.41. The Bertz CT molecular complexity index is 588. The molecule has 1 saturated carbocycles. The van der Waals surface area contributed by atoms with Gasteiger partial charge in [-0.05, 0) is 43.7 Å². The van der Waals surface area contributed by atoms with E-state index in [0.717, 1.165) is 25.8 Å². The molecule has 0 spiro atoms. The number of sulfonamides is 1. The van der Waals surface area contributed by atoms with E-state index < -0.39 is 10.0 Å². The zero-order chi connectivity index (χ0) is 14.2. The van der Waals surface area contributed by atoms with Crippen molar-refractivity contribution in [1.29, 1.82) is 0 Å². The Hall–Kier alpha value is -1.14. The van der Waals surface area contributed by atoms with Gasteiger partial charge >= 0.3 is 0 Å². The van der Waals surface area contributed by atoms with Gasteiger partial charge in [0, 0.05) is 25.3 Å². The van der Waals surface area contributed by atoms with Crippen molar-refractivity contribution in [2.45, 2.75) is 43.7 Å². The first-order chi connectivity index (χ1) is 9.63. The molecule has 0 amide bonds. The first-order valence-corrected chi connectivity index (χ1v) is 8.77. The summed E-state index contributed by atoms with van der Waals surface area (Å²) >= 11 is 0. The maximum absolute atomic E-state index is 12.8. The van der Waals surface area contributed by atoms with Crippen LogP contribution in [0.4, 0.5) is 5.69 Å². The molecule has 0 aromatic carbocycles. The summed E-state index contributed by atoms with van der Waals surface area (Å²) in [5, 5.41) is 3.35. The molecule has 3 rings (SSSR count). The van der Waals surface area contributed by atoms with E-state index >= 15 is 0 Å². The zero-order valence-corrected chi connectivity index (χ0v) is 12.6. The van der Waals surface area contributed by atoms with Crippen molar-refractivity contribution in [3.63, 3.8) is 0 Å². The standard InChI is InChI=1S/C14H21N3O2S/c1-2-7-15-13-4-3-8-16-14(13)20(18,19)17-10-11-5-6-12(17)9-11/h3-4,8,11-12,15H,2,5-7,9-10H2,1H3. The largest absolute Gasteiger partial charge is 0.383 e. The third-order valence-electron chi connectivity index (χ3n) is 4.25. The summed E-state index contributed by atoms with van der Waals surface area (Å²) in [7, 11) is -3.47. The summed E-state index contributed by atoms with van der Waals surface area (Å²) in [4.78, 5) is 4.14. The van der Waals surface area contributed by atoms with E-state index in [4.69, 9.17) is 0 Å². The maximum atomic E-state index is 12.8. The Labute approximate surface area is 120 Å². The average molecular weight is 295 g/mol. The second kappa shape index (κ2) is 5.33. The molecule has 1 aliphatic carbocycles. The predicted molar refractivity (Wildman–Crippen MR) is 78.0 cm³/mol. The van der Waals surface area contributed by atoms with Crippen molar-refractivity contribution in [1.82, 2.24) is 9.29 Å². The van der Waals surface area contributed by atoms with Gasteiger partial charge in [0.05, 0.1) is 5.69 Å². The predicted octanol–water partition coefficient (Wildman–Crippen LogP) is 2.08. The van der Waals surface area contributed by atoms with E-state index in [1.807, 2.05) is 0 Å². The monoisotopic (exact) mass is 295 g/mol. The number of hydrogen-bond acceptors (Lipinski definition) is 4. The van der Waals surface area contributed by atoms with Crippen LogP contribution in [0.25, 0.3) is 0 Å². The third kappa shape index (κ3) is 2.31. The van der Waals surface area contributed by atoms with Crippen LogP contribution in [0.1, 0.15) is 32.6 Å².